The van der Waals surface area contributed by atoms with Crippen molar-refractivity contribution in [3.63, 3.8) is 0 Å². The number of carbonyl (C=O) groups is 1. The van der Waals surface area contributed by atoms with Crippen LogP contribution in [0.15, 0.2) is 53.7 Å². The smallest absolute Gasteiger partial charge is 0.266 e. The van der Waals surface area contributed by atoms with Gasteiger partial charge in [0.2, 0.25) is 10.0 Å². The Morgan fingerprint density at radius 2 is 1.81 bits per heavy atom. The fourth-order valence-electron chi connectivity index (χ4n) is 3.64. The summed E-state index contributed by atoms with van der Waals surface area (Å²) in [5.41, 5.74) is -0.576. The Kier molecular flexibility index (Phi) is 5.67. The van der Waals surface area contributed by atoms with Crippen molar-refractivity contribution in [3.8, 4) is 5.75 Å². The van der Waals surface area contributed by atoms with E-state index >= 15 is 0 Å². The minimum atomic E-state index is -3.70. The van der Waals surface area contributed by atoms with Gasteiger partial charge >= 0.3 is 0 Å². The summed E-state index contributed by atoms with van der Waals surface area (Å²) in [7, 11) is -3.70. The molecule has 0 atom stereocenters. The summed E-state index contributed by atoms with van der Waals surface area (Å²) >= 11 is 5.90. The van der Waals surface area contributed by atoms with Gasteiger partial charge in [0, 0.05) is 49.0 Å². The molecular formula is C21H23ClN4O4S. The molecule has 0 saturated carbocycles. The highest BCUT2D eigenvalue weighted by Crippen LogP contribution is 2.26. The second kappa shape index (κ2) is 8.14. The number of nitrogens with one attached hydrogen (secondary N) is 1. The molecule has 0 radical (unpaired) electrons. The summed E-state index contributed by atoms with van der Waals surface area (Å²) in [5.74, 6) is 0.340. The monoisotopic (exact) mass is 462 g/mol. The highest BCUT2D eigenvalue weighted by Gasteiger charge is 2.38. The van der Waals surface area contributed by atoms with Crippen LogP contribution in [0.1, 0.15) is 13.8 Å². The predicted octanol–water partition coefficient (Wildman–Crippen LogP) is 2.91. The van der Waals surface area contributed by atoms with Crippen LogP contribution in [-0.2, 0) is 14.8 Å². The number of aromatic amines is 1. The fourth-order valence-corrected chi connectivity index (χ4v) is 5.34. The summed E-state index contributed by atoms with van der Waals surface area (Å²) in [6.07, 6.45) is 3.07. The predicted molar refractivity (Wildman–Crippen MR) is 118 cm³/mol. The van der Waals surface area contributed by atoms with Gasteiger partial charge in [0.15, 0.2) is 5.60 Å². The van der Waals surface area contributed by atoms with E-state index in [1.807, 2.05) is 0 Å². The van der Waals surface area contributed by atoms with E-state index < -0.39 is 15.6 Å². The molecule has 0 unspecified atom stereocenters. The number of sulfonamides is 1. The summed E-state index contributed by atoms with van der Waals surface area (Å²) in [6.45, 7) is 4.38. The van der Waals surface area contributed by atoms with Crippen LogP contribution < -0.4 is 4.74 Å². The Morgan fingerprint density at radius 3 is 2.48 bits per heavy atom. The summed E-state index contributed by atoms with van der Waals surface area (Å²) < 4.78 is 33.6. The van der Waals surface area contributed by atoms with E-state index in [0.29, 0.717) is 21.8 Å². The molecule has 4 rings (SSSR count). The molecule has 10 heteroatoms. The van der Waals surface area contributed by atoms with Crippen molar-refractivity contribution in [1.29, 1.82) is 0 Å². The Hall–Kier alpha value is -2.62. The number of piperazine rings is 1. The van der Waals surface area contributed by atoms with Crippen LogP contribution in [0.25, 0.3) is 11.0 Å². The Balaban J connectivity index is 1.44. The van der Waals surface area contributed by atoms with Crippen molar-refractivity contribution < 1.29 is 17.9 Å². The normalized spacial score (nSPS) is 15.9. The molecule has 8 nitrogen and oxygen atoms in total. The second-order valence-electron chi connectivity index (χ2n) is 7.82. The van der Waals surface area contributed by atoms with Gasteiger partial charge in [-0.15, -0.1) is 0 Å². The molecule has 1 N–H and O–H groups in total. The van der Waals surface area contributed by atoms with Crippen LogP contribution in [0, 0.1) is 0 Å². The minimum absolute atomic E-state index is 0.196. The molecule has 1 aliphatic heterocycles. The molecule has 31 heavy (non-hydrogen) atoms. The van der Waals surface area contributed by atoms with E-state index in [9.17, 15) is 13.2 Å². The summed E-state index contributed by atoms with van der Waals surface area (Å²) in [5, 5.41) is 1.14. The van der Waals surface area contributed by atoms with Gasteiger partial charge < -0.3 is 14.6 Å². The highest BCUT2D eigenvalue weighted by molar-refractivity contribution is 7.89. The first-order valence-corrected chi connectivity index (χ1v) is 11.7. The molecule has 1 fully saturated rings. The second-order valence-corrected chi connectivity index (χ2v) is 10.2. The van der Waals surface area contributed by atoms with Crippen LogP contribution in [0.3, 0.4) is 0 Å². The van der Waals surface area contributed by atoms with Crippen molar-refractivity contribution >= 4 is 38.6 Å². The van der Waals surface area contributed by atoms with Crippen molar-refractivity contribution in [1.82, 2.24) is 19.2 Å². The molecule has 1 saturated heterocycles. The number of benzene rings is 1. The van der Waals surface area contributed by atoms with Gasteiger partial charge in [-0.2, -0.15) is 4.31 Å². The number of halogens is 1. The number of amides is 1. The maximum atomic E-state index is 13.1. The Morgan fingerprint density at radius 1 is 1.13 bits per heavy atom. The number of pyridine rings is 1. The first-order chi connectivity index (χ1) is 14.7. The SMILES string of the molecule is CC(C)(Oc1ccc(Cl)cc1)C(=O)N1CCN(S(=O)(=O)c2c[nH]c3ncccc23)CC1. The van der Waals surface area contributed by atoms with E-state index in [1.165, 1.54) is 10.5 Å². The lowest BCUT2D eigenvalue weighted by Crippen LogP contribution is -2.56. The van der Waals surface area contributed by atoms with Crippen molar-refractivity contribution in [2.75, 3.05) is 26.2 Å². The molecule has 0 bridgehead atoms. The standard InChI is InChI=1S/C21H23ClN4O4S/c1-21(2,30-16-7-5-15(22)6-8-16)20(27)25-10-12-26(13-11-25)31(28,29)18-14-24-19-17(18)4-3-9-23-19/h3-9,14H,10-13H2,1-2H3,(H,23,24). The summed E-state index contributed by atoms with van der Waals surface area (Å²) in [6, 6.07) is 10.2. The molecule has 2 aromatic heterocycles. The van der Waals surface area contributed by atoms with Crippen molar-refractivity contribution in [3.05, 3.63) is 53.8 Å². The topological polar surface area (TPSA) is 95.6 Å². The number of H-pyrrole nitrogens is 1. The van der Waals surface area contributed by atoms with Gasteiger partial charge in [0.25, 0.3) is 5.91 Å². The third-order valence-corrected chi connectivity index (χ3v) is 7.45. The van der Waals surface area contributed by atoms with Crippen LogP contribution in [0.2, 0.25) is 5.02 Å². The van der Waals surface area contributed by atoms with Gasteiger partial charge in [-0.05, 0) is 50.2 Å². The molecule has 3 aromatic rings. The number of hydrogen-bond donors (Lipinski definition) is 1. The lowest BCUT2D eigenvalue weighted by molar-refractivity contribution is -0.146. The molecule has 1 aliphatic rings. The fraction of sp³-hybridized carbons (Fsp3) is 0.333. The van der Waals surface area contributed by atoms with Gasteiger partial charge in [0.05, 0.1) is 0 Å². The number of aromatic nitrogens is 2. The maximum Gasteiger partial charge on any atom is 0.266 e. The van der Waals surface area contributed by atoms with E-state index in [0.717, 1.165) is 0 Å². The minimum Gasteiger partial charge on any atom is -0.478 e. The Labute approximate surface area is 185 Å². The molecule has 1 amide bonds. The van der Waals surface area contributed by atoms with Gasteiger partial charge in [0.1, 0.15) is 16.3 Å². The number of carbonyl (C=O) groups excluding carboxylic acids is 1. The Bertz CT molecular complexity index is 1200. The number of hydrogen-bond acceptors (Lipinski definition) is 5. The number of fused-ring (bicyclic) bond motifs is 1. The number of nitrogens with zero attached hydrogens (tertiary/aromatic N) is 3. The average molecular weight is 463 g/mol. The largest absolute Gasteiger partial charge is 0.478 e. The highest BCUT2D eigenvalue weighted by atomic mass is 35.5. The first-order valence-electron chi connectivity index (χ1n) is 9.85. The zero-order valence-corrected chi connectivity index (χ0v) is 18.8. The van der Waals surface area contributed by atoms with Gasteiger partial charge in [-0.25, -0.2) is 13.4 Å². The summed E-state index contributed by atoms with van der Waals surface area (Å²) in [4.78, 5) is 21.9. The average Bonchev–Trinajstić information content (AvgIpc) is 3.20. The van der Waals surface area contributed by atoms with Gasteiger partial charge in [-0.3, -0.25) is 4.79 Å². The third kappa shape index (κ3) is 4.26. The molecule has 0 spiro atoms. The third-order valence-electron chi connectivity index (χ3n) is 5.26. The van der Waals surface area contributed by atoms with E-state index in [1.54, 1.807) is 61.3 Å². The van der Waals surface area contributed by atoms with Gasteiger partial charge in [-0.1, -0.05) is 11.6 Å². The zero-order chi connectivity index (χ0) is 22.2. The lowest BCUT2D eigenvalue weighted by atomic mass is 10.1. The number of ether oxygens (including phenoxy) is 1. The zero-order valence-electron chi connectivity index (χ0n) is 17.2. The molecule has 164 valence electrons. The van der Waals surface area contributed by atoms with Crippen LogP contribution >= 0.6 is 11.6 Å². The lowest BCUT2D eigenvalue weighted by Gasteiger charge is -2.38. The molecular weight excluding hydrogens is 440 g/mol. The number of rotatable bonds is 5. The van der Waals surface area contributed by atoms with E-state index in [4.69, 9.17) is 16.3 Å². The van der Waals surface area contributed by atoms with Crippen LogP contribution in [0.5, 0.6) is 5.75 Å². The molecule has 0 aliphatic carbocycles. The quantitative estimate of drug-likeness (QED) is 0.629. The van der Waals surface area contributed by atoms with Crippen molar-refractivity contribution in [2.45, 2.75) is 24.3 Å². The molecule has 3 heterocycles. The van der Waals surface area contributed by atoms with Crippen molar-refractivity contribution in [2.24, 2.45) is 0 Å². The molecule has 1 aromatic carbocycles. The van der Waals surface area contributed by atoms with Crippen LogP contribution in [-0.4, -0.2) is 65.3 Å². The van der Waals surface area contributed by atoms with Crippen LogP contribution in [0.4, 0.5) is 0 Å². The van der Waals surface area contributed by atoms with E-state index in [-0.39, 0.29) is 37.0 Å². The first kappa shape index (κ1) is 21.6. The maximum absolute atomic E-state index is 13.1. The van der Waals surface area contributed by atoms with E-state index in [2.05, 4.69) is 9.97 Å².